The highest BCUT2D eigenvalue weighted by molar-refractivity contribution is 5.95. The van der Waals surface area contributed by atoms with Crippen molar-refractivity contribution in [2.75, 3.05) is 18.4 Å². The fourth-order valence-electron chi connectivity index (χ4n) is 3.29. The molecule has 0 saturated heterocycles. The lowest BCUT2D eigenvalue weighted by Gasteiger charge is -2.21. The first-order valence-electron chi connectivity index (χ1n) is 9.70. The number of benzene rings is 3. The van der Waals surface area contributed by atoms with Gasteiger partial charge in [0.2, 0.25) is 0 Å². The third kappa shape index (κ3) is 4.68. The van der Waals surface area contributed by atoms with E-state index in [2.05, 4.69) is 41.8 Å². The lowest BCUT2D eigenvalue weighted by atomic mass is 9.95. The Labute approximate surface area is 166 Å². The molecule has 5 heteroatoms. The Morgan fingerprint density at radius 3 is 2.46 bits per heavy atom. The van der Waals surface area contributed by atoms with Gasteiger partial charge in [-0.05, 0) is 47.0 Å². The standard InChI is InChI=1S/C23H28N4O/c1-2-22(27-23(28)16-8-4-3-5-9-16)21-13-19(26-15-18(25)14-24)12-17-10-6-7-11-20(17)21/h3-13,18,22,26H,2,14-15,24-25H2,1H3,(H,27,28)/t18-,22+/m0/s1. The van der Waals surface area contributed by atoms with Crippen LogP contribution in [0.3, 0.4) is 0 Å². The third-order valence-corrected chi connectivity index (χ3v) is 4.89. The van der Waals surface area contributed by atoms with Gasteiger partial charge in [-0.3, -0.25) is 4.79 Å². The highest BCUT2D eigenvalue weighted by atomic mass is 16.1. The largest absolute Gasteiger partial charge is 0.383 e. The summed E-state index contributed by atoms with van der Waals surface area (Å²) in [7, 11) is 0. The van der Waals surface area contributed by atoms with E-state index in [0.29, 0.717) is 18.7 Å². The van der Waals surface area contributed by atoms with E-state index in [9.17, 15) is 4.79 Å². The minimum Gasteiger partial charge on any atom is -0.383 e. The molecule has 0 aliphatic rings. The van der Waals surface area contributed by atoms with E-state index < -0.39 is 0 Å². The molecule has 5 nitrogen and oxygen atoms in total. The Morgan fingerprint density at radius 1 is 1.04 bits per heavy atom. The summed E-state index contributed by atoms with van der Waals surface area (Å²) in [4.78, 5) is 12.7. The van der Waals surface area contributed by atoms with E-state index in [4.69, 9.17) is 11.5 Å². The molecule has 0 aliphatic heterocycles. The molecule has 2 atom stereocenters. The van der Waals surface area contributed by atoms with Gasteiger partial charge in [-0.2, -0.15) is 0 Å². The Bertz CT molecular complexity index is 926. The summed E-state index contributed by atoms with van der Waals surface area (Å²) in [6.45, 7) is 3.11. The number of rotatable bonds is 8. The Morgan fingerprint density at radius 2 is 1.75 bits per heavy atom. The van der Waals surface area contributed by atoms with Crippen molar-refractivity contribution in [3.8, 4) is 0 Å². The van der Waals surface area contributed by atoms with Crippen LogP contribution in [0.4, 0.5) is 5.69 Å². The minimum absolute atomic E-state index is 0.0694. The van der Waals surface area contributed by atoms with Gasteiger partial charge in [0.05, 0.1) is 6.04 Å². The molecule has 0 aliphatic carbocycles. The third-order valence-electron chi connectivity index (χ3n) is 4.89. The van der Waals surface area contributed by atoms with Crippen LogP contribution in [0.25, 0.3) is 10.8 Å². The van der Waals surface area contributed by atoms with Crippen molar-refractivity contribution < 1.29 is 4.79 Å². The molecule has 1 amide bonds. The molecular weight excluding hydrogens is 348 g/mol. The van der Waals surface area contributed by atoms with Crippen molar-refractivity contribution in [3.63, 3.8) is 0 Å². The second-order valence-electron chi connectivity index (χ2n) is 6.96. The van der Waals surface area contributed by atoms with Gasteiger partial charge >= 0.3 is 0 Å². The number of carbonyl (C=O) groups is 1. The van der Waals surface area contributed by atoms with Crippen molar-refractivity contribution in [1.29, 1.82) is 0 Å². The summed E-state index contributed by atoms with van der Waals surface area (Å²) in [5.41, 5.74) is 14.3. The SMILES string of the molecule is CC[C@@H](NC(=O)c1ccccc1)c1cc(NC[C@@H](N)CN)cc2ccccc12. The molecular formula is C23H28N4O. The highest BCUT2D eigenvalue weighted by Gasteiger charge is 2.17. The topological polar surface area (TPSA) is 93.2 Å². The quantitative estimate of drug-likeness (QED) is 0.485. The van der Waals surface area contributed by atoms with Crippen molar-refractivity contribution in [3.05, 3.63) is 77.9 Å². The Kier molecular flexibility index (Phi) is 6.63. The first kappa shape index (κ1) is 19.9. The zero-order valence-corrected chi connectivity index (χ0v) is 16.2. The number of carbonyl (C=O) groups excluding carboxylic acids is 1. The summed E-state index contributed by atoms with van der Waals surface area (Å²) in [5, 5.41) is 8.81. The van der Waals surface area contributed by atoms with Crippen molar-refractivity contribution in [2.45, 2.75) is 25.4 Å². The van der Waals surface area contributed by atoms with Crippen LogP contribution in [0.5, 0.6) is 0 Å². The molecule has 0 heterocycles. The number of fused-ring (bicyclic) bond motifs is 1. The molecule has 6 N–H and O–H groups in total. The maximum atomic E-state index is 12.7. The van der Waals surface area contributed by atoms with Crippen LogP contribution in [0.1, 0.15) is 35.3 Å². The van der Waals surface area contributed by atoms with Crippen LogP contribution >= 0.6 is 0 Å². The number of hydrogen-bond acceptors (Lipinski definition) is 4. The van der Waals surface area contributed by atoms with Gasteiger partial charge in [-0.1, -0.05) is 49.4 Å². The molecule has 0 spiro atoms. The van der Waals surface area contributed by atoms with Crippen LogP contribution < -0.4 is 22.1 Å². The average Bonchev–Trinajstić information content (AvgIpc) is 2.75. The van der Waals surface area contributed by atoms with Crippen LogP contribution in [-0.2, 0) is 0 Å². The van der Waals surface area contributed by atoms with Gasteiger partial charge in [0.25, 0.3) is 5.91 Å². The molecule has 0 saturated carbocycles. The van der Waals surface area contributed by atoms with Gasteiger partial charge < -0.3 is 22.1 Å². The number of amides is 1. The van der Waals surface area contributed by atoms with E-state index in [0.717, 1.165) is 28.4 Å². The van der Waals surface area contributed by atoms with Gasteiger partial charge in [0.1, 0.15) is 0 Å². The van der Waals surface area contributed by atoms with Gasteiger partial charge in [0, 0.05) is 30.4 Å². The van der Waals surface area contributed by atoms with Crippen molar-refractivity contribution in [2.24, 2.45) is 11.5 Å². The number of nitrogens with one attached hydrogen (secondary N) is 2. The molecule has 3 aromatic carbocycles. The van der Waals surface area contributed by atoms with E-state index >= 15 is 0 Å². The van der Waals surface area contributed by atoms with E-state index in [1.807, 2.05) is 42.5 Å². The van der Waals surface area contributed by atoms with Crippen molar-refractivity contribution in [1.82, 2.24) is 5.32 Å². The molecule has 0 bridgehead atoms. The maximum absolute atomic E-state index is 12.7. The zero-order chi connectivity index (χ0) is 19.9. The molecule has 0 radical (unpaired) electrons. The zero-order valence-electron chi connectivity index (χ0n) is 16.2. The Hall–Kier alpha value is -2.89. The maximum Gasteiger partial charge on any atom is 0.251 e. The first-order chi connectivity index (χ1) is 13.6. The minimum atomic E-state index is -0.102. The predicted molar refractivity (Wildman–Crippen MR) is 116 cm³/mol. The van der Waals surface area contributed by atoms with Gasteiger partial charge in [-0.15, -0.1) is 0 Å². The molecule has 3 aromatic rings. The molecule has 0 aromatic heterocycles. The summed E-state index contributed by atoms with van der Waals surface area (Å²) in [5.74, 6) is -0.0694. The molecule has 28 heavy (non-hydrogen) atoms. The highest BCUT2D eigenvalue weighted by Crippen LogP contribution is 2.30. The van der Waals surface area contributed by atoms with Gasteiger partial charge in [0.15, 0.2) is 0 Å². The molecule has 3 rings (SSSR count). The van der Waals surface area contributed by atoms with E-state index in [1.54, 1.807) is 0 Å². The lowest BCUT2D eigenvalue weighted by Crippen LogP contribution is -2.36. The van der Waals surface area contributed by atoms with E-state index in [1.165, 1.54) is 0 Å². The lowest BCUT2D eigenvalue weighted by molar-refractivity contribution is 0.0936. The summed E-state index contributed by atoms with van der Waals surface area (Å²) in [6.07, 6.45) is 0.786. The number of nitrogens with two attached hydrogens (primary N) is 2. The van der Waals surface area contributed by atoms with Crippen LogP contribution in [0.15, 0.2) is 66.7 Å². The second kappa shape index (κ2) is 9.35. The summed E-state index contributed by atoms with van der Waals surface area (Å²) < 4.78 is 0. The fourth-order valence-corrected chi connectivity index (χ4v) is 3.29. The summed E-state index contributed by atoms with van der Waals surface area (Å²) >= 11 is 0. The van der Waals surface area contributed by atoms with Crippen molar-refractivity contribution >= 4 is 22.4 Å². The normalized spacial score (nSPS) is 13.1. The smallest absolute Gasteiger partial charge is 0.251 e. The molecule has 0 fully saturated rings. The molecule has 146 valence electrons. The predicted octanol–water partition coefficient (Wildman–Crippen LogP) is 3.42. The summed E-state index contributed by atoms with van der Waals surface area (Å²) in [6, 6.07) is 21.5. The van der Waals surface area contributed by atoms with Crippen LogP contribution in [0, 0.1) is 0 Å². The number of hydrogen-bond donors (Lipinski definition) is 4. The average molecular weight is 377 g/mol. The second-order valence-corrected chi connectivity index (χ2v) is 6.96. The van der Waals surface area contributed by atoms with Gasteiger partial charge in [-0.25, -0.2) is 0 Å². The first-order valence-corrected chi connectivity index (χ1v) is 9.70. The van der Waals surface area contributed by atoms with Crippen LogP contribution in [0.2, 0.25) is 0 Å². The molecule has 0 unspecified atom stereocenters. The Balaban J connectivity index is 1.92. The van der Waals surface area contributed by atoms with E-state index in [-0.39, 0.29) is 18.0 Å². The number of anilines is 1. The fraction of sp³-hybridized carbons (Fsp3) is 0.261. The van der Waals surface area contributed by atoms with Crippen LogP contribution in [-0.4, -0.2) is 25.0 Å². The monoisotopic (exact) mass is 376 g/mol.